The van der Waals surface area contributed by atoms with E-state index in [9.17, 15) is 29.8 Å². The van der Waals surface area contributed by atoms with Crippen LogP contribution in [0.5, 0.6) is 0 Å². The van der Waals surface area contributed by atoms with E-state index in [0.29, 0.717) is 5.56 Å². The average molecular weight is 384 g/mol. The summed E-state index contributed by atoms with van der Waals surface area (Å²) < 4.78 is 4.82. The highest BCUT2D eigenvalue weighted by molar-refractivity contribution is 5.94. The Morgan fingerprint density at radius 3 is 2.21 bits per heavy atom. The molecule has 0 aliphatic rings. The molecular weight excluding hydrogens is 372 g/mol. The van der Waals surface area contributed by atoms with Crippen molar-refractivity contribution in [2.24, 2.45) is 0 Å². The largest absolute Gasteiger partial charge is 0.455 e. The SMILES string of the molecule is N#Cc1cc([N+](=O)[O-])ccc1NC(=O)COC(=O)Cc1ccc([N+](=O)[O-])cc1. The van der Waals surface area contributed by atoms with Gasteiger partial charge in [0.25, 0.3) is 17.3 Å². The van der Waals surface area contributed by atoms with Crippen LogP contribution < -0.4 is 5.32 Å². The highest BCUT2D eigenvalue weighted by Gasteiger charge is 2.14. The van der Waals surface area contributed by atoms with Crippen LogP contribution in [0.15, 0.2) is 42.5 Å². The molecule has 0 heterocycles. The van der Waals surface area contributed by atoms with Crippen molar-refractivity contribution in [3.05, 3.63) is 73.8 Å². The fraction of sp³-hybridized carbons (Fsp3) is 0.118. The zero-order chi connectivity index (χ0) is 20.7. The van der Waals surface area contributed by atoms with Gasteiger partial charge < -0.3 is 10.1 Å². The molecule has 0 bridgehead atoms. The minimum atomic E-state index is -0.734. The van der Waals surface area contributed by atoms with E-state index in [2.05, 4.69) is 5.32 Å². The molecule has 2 aromatic rings. The number of non-ortho nitro benzene ring substituents is 2. The third-order valence-electron chi connectivity index (χ3n) is 3.47. The quantitative estimate of drug-likeness (QED) is 0.430. The van der Waals surface area contributed by atoms with E-state index in [-0.39, 0.29) is 29.0 Å². The molecule has 0 aliphatic heterocycles. The van der Waals surface area contributed by atoms with Gasteiger partial charge in [-0.05, 0) is 11.6 Å². The zero-order valence-electron chi connectivity index (χ0n) is 14.2. The van der Waals surface area contributed by atoms with Crippen LogP contribution >= 0.6 is 0 Å². The van der Waals surface area contributed by atoms with E-state index in [0.717, 1.165) is 12.1 Å². The zero-order valence-corrected chi connectivity index (χ0v) is 14.2. The fourth-order valence-corrected chi connectivity index (χ4v) is 2.13. The number of rotatable bonds is 7. The lowest BCUT2D eigenvalue weighted by atomic mass is 10.1. The van der Waals surface area contributed by atoms with Gasteiger partial charge in [0.1, 0.15) is 6.07 Å². The van der Waals surface area contributed by atoms with Gasteiger partial charge in [-0.2, -0.15) is 5.26 Å². The summed E-state index contributed by atoms with van der Waals surface area (Å²) in [7, 11) is 0. The molecular formula is C17H12N4O7. The van der Waals surface area contributed by atoms with E-state index in [1.54, 1.807) is 6.07 Å². The molecule has 0 atom stereocenters. The van der Waals surface area contributed by atoms with Crippen molar-refractivity contribution in [2.75, 3.05) is 11.9 Å². The van der Waals surface area contributed by atoms with Crippen molar-refractivity contribution >= 4 is 28.9 Å². The molecule has 0 radical (unpaired) electrons. The van der Waals surface area contributed by atoms with Crippen molar-refractivity contribution in [2.45, 2.75) is 6.42 Å². The third kappa shape index (κ3) is 5.33. The summed E-state index contributed by atoms with van der Waals surface area (Å²) in [6, 6.07) is 10.3. The highest BCUT2D eigenvalue weighted by Crippen LogP contribution is 2.21. The van der Waals surface area contributed by atoms with Crippen LogP contribution in [0, 0.1) is 31.6 Å². The number of nitrogens with zero attached hydrogens (tertiary/aromatic N) is 3. The summed E-state index contributed by atoms with van der Waals surface area (Å²) in [4.78, 5) is 43.7. The molecule has 2 rings (SSSR count). The van der Waals surface area contributed by atoms with Crippen molar-refractivity contribution < 1.29 is 24.2 Å². The maximum atomic E-state index is 11.9. The standard InChI is InChI=1S/C17H12N4O7/c18-9-12-8-14(21(26)27)5-6-15(12)19-16(22)10-28-17(23)7-11-1-3-13(4-2-11)20(24)25/h1-6,8H,7,10H2,(H,19,22). The number of esters is 1. The maximum absolute atomic E-state index is 11.9. The molecule has 0 unspecified atom stereocenters. The molecule has 11 nitrogen and oxygen atoms in total. The normalized spacial score (nSPS) is 9.82. The average Bonchev–Trinajstić information content (AvgIpc) is 2.67. The lowest BCUT2D eigenvalue weighted by Crippen LogP contribution is -2.22. The lowest BCUT2D eigenvalue weighted by Gasteiger charge is -2.08. The molecule has 0 aromatic heterocycles. The molecule has 0 saturated heterocycles. The minimum Gasteiger partial charge on any atom is -0.455 e. The molecule has 1 N–H and O–H groups in total. The number of carbonyl (C=O) groups is 2. The second-order valence-electron chi connectivity index (χ2n) is 5.41. The van der Waals surface area contributed by atoms with Crippen LogP contribution in [-0.2, 0) is 20.7 Å². The molecule has 0 fully saturated rings. The van der Waals surface area contributed by atoms with Gasteiger partial charge >= 0.3 is 5.97 Å². The van der Waals surface area contributed by atoms with Gasteiger partial charge in [0.05, 0.1) is 27.5 Å². The Labute approximate surface area is 157 Å². The minimum absolute atomic E-state index is 0.0458. The van der Waals surface area contributed by atoms with Gasteiger partial charge in [-0.1, -0.05) is 12.1 Å². The number of hydrogen-bond acceptors (Lipinski definition) is 8. The number of nitriles is 1. The van der Waals surface area contributed by atoms with Gasteiger partial charge in [0.2, 0.25) is 0 Å². The van der Waals surface area contributed by atoms with Crippen molar-refractivity contribution in [3.8, 4) is 6.07 Å². The smallest absolute Gasteiger partial charge is 0.310 e. The van der Waals surface area contributed by atoms with E-state index < -0.39 is 28.3 Å². The maximum Gasteiger partial charge on any atom is 0.310 e. The molecule has 2 aromatic carbocycles. The number of hydrogen-bond donors (Lipinski definition) is 1. The third-order valence-corrected chi connectivity index (χ3v) is 3.47. The Kier molecular flexibility index (Phi) is 6.32. The summed E-state index contributed by atoms with van der Waals surface area (Å²) in [5.41, 5.74) is -0.0145. The molecule has 11 heteroatoms. The van der Waals surface area contributed by atoms with Gasteiger partial charge in [-0.15, -0.1) is 0 Å². The Morgan fingerprint density at radius 2 is 1.64 bits per heavy atom. The van der Waals surface area contributed by atoms with E-state index in [4.69, 9.17) is 10.00 Å². The van der Waals surface area contributed by atoms with Gasteiger partial charge in [0, 0.05) is 24.3 Å². The number of benzene rings is 2. The second-order valence-corrected chi connectivity index (χ2v) is 5.41. The predicted molar refractivity (Wildman–Crippen MR) is 94.2 cm³/mol. The number of anilines is 1. The number of nitrogens with one attached hydrogen (secondary N) is 1. The number of nitro benzene ring substituents is 2. The van der Waals surface area contributed by atoms with E-state index in [1.165, 1.54) is 30.3 Å². The Bertz CT molecular complexity index is 980. The van der Waals surface area contributed by atoms with Crippen molar-refractivity contribution in [1.82, 2.24) is 0 Å². The summed E-state index contributed by atoms with van der Waals surface area (Å²) in [6.45, 7) is -0.631. The van der Waals surface area contributed by atoms with Gasteiger partial charge in [-0.25, -0.2) is 0 Å². The summed E-state index contributed by atoms with van der Waals surface area (Å²) in [5, 5.41) is 32.6. The van der Waals surface area contributed by atoms with Crippen molar-refractivity contribution in [1.29, 1.82) is 5.26 Å². The summed E-state index contributed by atoms with van der Waals surface area (Å²) >= 11 is 0. The molecule has 0 spiro atoms. The number of carbonyl (C=O) groups excluding carboxylic acids is 2. The first-order valence-corrected chi connectivity index (χ1v) is 7.67. The molecule has 28 heavy (non-hydrogen) atoms. The number of nitro groups is 2. The monoisotopic (exact) mass is 384 g/mol. The van der Waals surface area contributed by atoms with E-state index >= 15 is 0 Å². The summed E-state index contributed by atoms with van der Waals surface area (Å²) in [6.07, 6.45) is -0.188. The Hall–Kier alpha value is -4.33. The van der Waals surface area contributed by atoms with Crippen LogP contribution in [0.25, 0.3) is 0 Å². The molecule has 142 valence electrons. The number of ether oxygens (including phenoxy) is 1. The van der Waals surface area contributed by atoms with E-state index in [1.807, 2.05) is 0 Å². The van der Waals surface area contributed by atoms with Crippen LogP contribution in [0.2, 0.25) is 0 Å². The predicted octanol–water partition coefficient (Wildman–Crippen LogP) is 2.10. The van der Waals surface area contributed by atoms with Crippen LogP contribution in [0.1, 0.15) is 11.1 Å². The van der Waals surface area contributed by atoms with Crippen molar-refractivity contribution in [3.63, 3.8) is 0 Å². The Balaban J connectivity index is 1.90. The number of amides is 1. The first-order chi connectivity index (χ1) is 13.3. The van der Waals surface area contributed by atoms with Crippen LogP contribution in [0.3, 0.4) is 0 Å². The van der Waals surface area contributed by atoms with Crippen LogP contribution in [-0.4, -0.2) is 28.3 Å². The summed E-state index contributed by atoms with van der Waals surface area (Å²) in [5.74, 6) is -1.46. The first-order valence-electron chi connectivity index (χ1n) is 7.67. The first kappa shape index (κ1) is 20.0. The fourth-order valence-electron chi connectivity index (χ4n) is 2.13. The lowest BCUT2D eigenvalue weighted by molar-refractivity contribution is -0.385. The molecule has 1 amide bonds. The molecule has 0 aliphatic carbocycles. The van der Waals surface area contributed by atoms with Gasteiger partial charge in [-0.3, -0.25) is 29.8 Å². The Morgan fingerprint density at radius 1 is 1.04 bits per heavy atom. The van der Waals surface area contributed by atoms with Crippen LogP contribution in [0.4, 0.5) is 17.1 Å². The topological polar surface area (TPSA) is 165 Å². The molecule has 0 saturated carbocycles. The highest BCUT2D eigenvalue weighted by atomic mass is 16.6. The second kappa shape index (κ2) is 8.86. The van der Waals surface area contributed by atoms with Gasteiger partial charge in [0.15, 0.2) is 6.61 Å².